The number of carboxylic acid groups (broad SMARTS) is 2. The van der Waals surface area contributed by atoms with Crippen molar-refractivity contribution in [3.8, 4) is 0 Å². The summed E-state index contributed by atoms with van der Waals surface area (Å²) in [5.41, 5.74) is 0. The summed E-state index contributed by atoms with van der Waals surface area (Å²) >= 11 is 0. The molecule has 8 nitrogen and oxygen atoms in total. The smallest absolute Gasteiger partial charge is 0.317 e. The van der Waals surface area contributed by atoms with Crippen LogP contribution < -0.4 is 0 Å². The molecule has 0 aliphatic carbocycles. The number of carbonyl (C=O) groups excluding carboxylic acids is 2. The van der Waals surface area contributed by atoms with E-state index in [2.05, 4.69) is 9.47 Å². The fourth-order valence-corrected chi connectivity index (χ4v) is 0.997. The molecule has 0 radical (unpaired) electrons. The lowest BCUT2D eigenvalue weighted by Crippen LogP contribution is -2.21. The molecule has 0 saturated carbocycles. The number of ether oxygens (including phenoxy) is 2. The van der Waals surface area contributed by atoms with Crippen LogP contribution in [0.3, 0.4) is 0 Å². The molecule has 0 bridgehead atoms. The fraction of sp³-hybridized carbons (Fsp3) is 0.667. The van der Waals surface area contributed by atoms with Crippen LogP contribution in [0.4, 0.5) is 0 Å². The van der Waals surface area contributed by atoms with Gasteiger partial charge in [-0.05, 0) is 20.3 Å². The Bertz CT molecular complexity index is 306. The number of hydrogen-bond donors (Lipinski definition) is 2. The third-order valence-electron chi connectivity index (χ3n) is 1.90. The van der Waals surface area contributed by atoms with Gasteiger partial charge < -0.3 is 19.7 Å². The van der Waals surface area contributed by atoms with E-state index in [1.807, 2.05) is 0 Å². The van der Waals surface area contributed by atoms with Gasteiger partial charge in [0, 0.05) is 0 Å². The molecule has 20 heavy (non-hydrogen) atoms. The summed E-state index contributed by atoms with van der Waals surface area (Å²) in [7, 11) is 0. The zero-order valence-corrected chi connectivity index (χ0v) is 11.7. The highest BCUT2D eigenvalue weighted by molar-refractivity contribution is 5.92. The molecule has 0 aromatic heterocycles. The molecule has 0 fully saturated rings. The minimum atomic E-state index is -1.27. The second kappa shape index (κ2) is 11.9. The molecule has 116 valence electrons. The molecule has 0 aliphatic heterocycles. The molecule has 0 aliphatic rings. The summed E-state index contributed by atoms with van der Waals surface area (Å²) in [4.78, 5) is 41.2. The summed E-state index contributed by atoms with van der Waals surface area (Å²) in [6, 6.07) is 0. The van der Waals surface area contributed by atoms with Crippen molar-refractivity contribution in [3.05, 3.63) is 0 Å². The van der Waals surface area contributed by atoms with E-state index in [0.29, 0.717) is 0 Å². The second-order valence-corrected chi connectivity index (χ2v) is 3.42. The Balaban J connectivity index is 0. The summed E-state index contributed by atoms with van der Waals surface area (Å²) in [5, 5.41) is 16.3. The number of carboxylic acids is 2. The van der Waals surface area contributed by atoms with Crippen LogP contribution in [-0.2, 0) is 28.7 Å². The fourth-order valence-electron chi connectivity index (χ4n) is 0.997. The highest BCUT2D eigenvalue weighted by Crippen LogP contribution is 2.01. The molecule has 0 rings (SSSR count). The molecule has 0 atom stereocenters. The molecular formula is C12H20O8. The van der Waals surface area contributed by atoms with Crippen LogP contribution in [0.5, 0.6) is 0 Å². The van der Waals surface area contributed by atoms with Crippen LogP contribution in [0.2, 0.25) is 0 Å². The molecule has 0 aromatic rings. The van der Waals surface area contributed by atoms with Crippen LogP contribution in [0.25, 0.3) is 0 Å². The van der Waals surface area contributed by atoms with Crippen molar-refractivity contribution in [1.82, 2.24) is 0 Å². The zero-order chi connectivity index (χ0) is 16.1. The Labute approximate surface area is 116 Å². The second-order valence-electron chi connectivity index (χ2n) is 3.42. The van der Waals surface area contributed by atoms with Crippen LogP contribution >= 0.6 is 0 Å². The van der Waals surface area contributed by atoms with Crippen LogP contribution in [0.15, 0.2) is 0 Å². The average molecular weight is 292 g/mol. The molecule has 2 N–H and O–H groups in total. The first-order chi connectivity index (χ1) is 9.29. The van der Waals surface area contributed by atoms with E-state index in [9.17, 15) is 19.2 Å². The van der Waals surface area contributed by atoms with Crippen molar-refractivity contribution in [1.29, 1.82) is 0 Å². The van der Waals surface area contributed by atoms with Gasteiger partial charge in [0.25, 0.3) is 0 Å². The summed E-state index contributed by atoms with van der Waals surface area (Å²) in [6.45, 7) is 5.47. The molecule has 0 unspecified atom stereocenters. The first kappa shape index (κ1) is 20.2. The van der Waals surface area contributed by atoms with Gasteiger partial charge in [0.05, 0.1) is 13.2 Å². The van der Waals surface area contributed by atoms with Gasteiger partial charge in [-0.2, -0.15) is 0 Å². The molecule has 0 spiro atoms. The standard InChI is InChI=1S/C7H12O4.C5H8O4/c1-3-10-6(8)5-7(9)11-4-2;1-2-3(4(6)7)5(8)9/h3-5H2,1-2H3;3H,2H2,1H3,(H,6,7)(H,8,9). The monoisotopic (exact) mass is 292 g/mol. The van der Waals surface area contributed by atoms with Crippen molar-refractivity contribution in [2.75, 3.05) is 13.2 Å². The van der Waals surface area contributed by atoms with Gasteiger partial charge in [0.1, 0.15) is 6.42 Å². The van der Waals surface area contributed by atoms with Crippen molar-refractivity contribution in [2.45, 2.75) is 33.6 Å². The minimum Gasteiger partial charge on any atom is -0.481 e. The molecule has 0 saturated heterocycles. The van der Waals surface area contributed by atoms with Gasteiger partial charge in [-0.25, -0.2) is 0 Å². The van der Waals surface area contributed by atoms with Crippen LogP contribution in [-0.4, -0.2) is 47.3 Å². The molecular weight excluding hydrogens is 272 g/mol. The third kappa shape index (κ3) is 11.0. The Morgan fingerprint density at radius 3 is 1.35 bits per heavy atom. The van der Waals surface area contributed by atoms with E-state index in [-0.39, 0.29) is 26.1 Å². The average Bonchev–Trinajstić information content (AvgIpc) is 2.29. The van der Waals surface area contributed by atoms with Crippen LogP contribution in [0, 0.1) is 5.92 Å². The highest BCUT2D eigenvalue weighted by atomic mass is 16.6. The Hall–Kier alpha value is -2.12. The Morgan fingerprint density at radius 1 is 0.850 bits per heavy atom. The van der Waals surface area contributed by atoms with Crippen molar-refractivity contribution >= 4 is 23.9 Å². The highest BCUT2D eigenvalue weighted by Gasteiger charge is 2.22. The van der Waals surface area contributed by atoms with E-state index in [4.69, 9.17) is 10.2 Å². The van der Waals surface area contributed by atoms with Gasteiger partial charge in [-0.15, -0.1) is 0 Å². The van der Waals surface area contributed by atoms with Gasteiger partial charge in [0.2, 0.25) is 0 Å². The topological polar surface area (TPSA) is 127 Å². The lowest BCUT2D eigenvalue weighted by atomic mass is 10.1. The predicted molar refractivity (Wildman–Crippen MR) is 66.9 cm³/mol. The number of aliphatic carboxylic acids is 2. The van der Waals surface area contributed by atoms with E-state index in [1.165, 1.54) is 6.92 Å². The van der Waals surface area contributed by atoms with Crippen molar-refractivity contribution < 1.29 is 38.9 Å². The maximum Gasteiger partial charge on any atom is 0.317 e. The van der Waals surface area contributed by atoms with E-state index in [1.54, 1.807) is 13.8 Å². The van der Waals surface area contributed by atoms with Crippen molar-refractivity contribution in [3.63, 3.8) is 0 Å². The SMILES string of the molecule is CCC(C(=O)O)C(=O)O.CCOC(=O)CC(=O)OCC. The Morgan fingerprint density at radius 2 is 1.20 bits per heavy atom. The molecule has 0 heterocycles. The zero-order valence-electron chi connectivity index (χ0n) is 11.7. The maximum absolute atomic E-state index is 10.6. The number of rotatable bonds is 7. The summed E-state index contributed by atoms with van der Waals surface area (Å²) < 4.78 is 9.04. The first-order valence-electron chi connectivity index (χ1n) is 6.06. The normalized spacial score (nSPS) is 9.20. The lowest BCUT2D eigenvalue weighted by molar-refractivity contribution is -0.156. The third-order valence-corrected chi connectivity index (χ3v) is 1.90. The van der Waals surface area contributed by atoms with E-state index in [0.717, 1.165) is 0 Å². The summed E-state index contributed by atoms with van der Waals surface area (Å²) in [5.74, 6) is -4.86. The molecule has 0 aromatic carbocycles. The van der Waals surface area contributed by atoms with E-state index >= 15 is 0 Å². The number of esters is 2. The maximum atomic E-state index is 10.6. The van der Waals surface area contributed by atoms with Gasteiger partial charge >= 0.3 is 23.9 Å². The van der Waals surface area contributed by atoms with Crippen molar-refractivity contribution in [2.24, 2.45) is 5.92 Å². The summed E-state index contributed by atoms with van der Waals surface area (Å²) in [6.07, 6.45) is -0.160. The quantitative estimate of drug-likeness (QED) is 0.518. The molecule has 8 heteroatoms. The Kier molecular flexibility index (Phi) is 12.1. The number of carbonyl (C=O) groups is 4. The predicted octanol–water partition coefficient (Wildman–Crippen LogP) is 0.684. The van der Waals surface area contributed by atoms with Gasteiger partial charge in [-0.3, -0.25) is 19.2 Å². The largest absolute Gasteiger partial charge is 0.481 e. The number of hydrogen-bond acceptors (Lipinski definition) is 6. The first-order valence-corrected chi connectivity index (χ1v) is 6.06. The van der Waals surface area contributed by atoms with Gasteiger partial charge in [0.15, 0.2) is 5.92 Å². The van der Waals surface area contributed by atoms with Gasteiger partial charge in [-0.1, -0.05) is 6.92 Å². The minimum absolute atomic E-state index is 0.130. The molecule has 0 amide bonds. The van der Waals surface area contributed by atoms with E-state index < -0.39 is 29.8 Å². The lowest BCUT2D eigenvalue weighted by Gasteiger charge is -2.00. The van der Waals surface area contributed by atoms with Crippen LogP contribution in [0.1, 0.15) is 33.6 Å².